The van der Waals surface area contributed by atoms with Crippen LogP contribution in [0.1, 0.15) is 25.7 Å². The molecule has 0 saturated carbocycles. The maximum Gasteiger partial charge on any atom is 3.00 e. The van der Waals surface area contributed by atoms with Crippen LogP contribution in [0.2, 0.25) is 19.1 Å². The average Bonchev–Trinajstić information content (AvgIpc) is 2.82. The molecule has 0 nitrogen and oxygen atoms in total. The standard InChI is InChI=1S/C15H20ClSi.2ClH.Zr/c1-17(2,16)12-6-10-14-9-5-11-15(14)13-7-3-4-8-13;;;/h3,5,7,9H,4,6,10-12H2,1-2H3;2*1H;/q-1;;;+3/p-2. The van der Waals surface area contributed by atoms with E-state index in [4.69, 9.17) is 11.1 Å². The second-order valence-electron chi connectivity index (χ2n) is 5.38. The smallest absolute Gasteiger partial charge is 1.00 e. The minimum atomic E-state index is -1.39. The molecule has 0 spiro atoms. The number of hydrogen-bond acceptors (Lipinski definition) is 0. The quantitative estimate of drug-likeness (QED) is 0.306. The van der Waals surface area contributed by atoms with E-state index in [9.17, 15) is 0 Å². The van der Waals surface area contributed by atoms with Gasteiger partial charge in [0.1, 0.15) is 0 Å². The van der Waals surface area contributed by atoms with Crippen molar-refractivity contribution in [3.05, 3.63) is 47.1 Å². The summed E-state index contributed by atoms with van der Waals surface area (Å²) in [5.74, 6) is 0. The van der Waals surface area contributed by atoms with Crippen LogP contribution in [0.5, 0.6) is 0 Å². The third-order valence-electron chi connectivity index (χ3n) is 3.27. The Morgan fingerprint density at radius 1 is 1.20 bits per heavy atom. The molecule has 0 unspecified atom stereocenters. The van der Waals surface area contributed by atoms with Crippen molar-refractivity contribution in [3.8, 4) is 0 Å². The number of hydrogen-bond donors (Lipinski definition) is 0. The van der Waals surface area contributed by atoms with Crippen LogP contribution in [-0.2, 0) is 26.2 Å². The van der Waals surface area contributed by atoms with Gasteiger partial charge in [0.2, 0.25) is 0 Å². The van der Waals surface area contributed by atoms with Gasteiger partial charge >= 0.3 is 26.2 Å². The molecule has 0 aromatic carbocycles. The van der Waals surface area contributed by atoms with Crippen LogP contribution >= 0.6 is 11.1 Å². The molecule has 2 aliphatic rings. The molecule has 0 atom stereocenters. The van der Waals surface area contributed by atoms with Crippen LogP contribution in [0.15, 0.2) is 41.0 Å². The molecule has 5 heteroatoms. The van der Waals surface area contributed by atoms with Crippen LogP contribution in [-0.4, -0.2) is 7.38 Å². The Kier molecular flexibility index (Phi) is 12.3. The van der Waals surface area contributed by atoms with E-state index >= 15 is 0 Å². The van der Waals surface area contributed by atoms with Gasteiger partial charge in [0.15, 0.2) is 7.38 Å². The van der Waals surface area contributed by atoms with Crippen molar-refractivity contribution in [1.82, 2.24) is 0 Å². The first-order valence-electron chi connectivity index (χ1n) is 6.41. The van der Waals surface area contributed by atoms with E-state index in [0.717, 1.165) is 12.8 Å². The molecule has 0 saturated heterocycles. The van der Waals surface area contributed by atoms with Crippen LogP contribution in [0.3, 0.4) is 0 Å². The van der Waals surface area contributed by atoms with E-state index in [-0.39, 0.29) is 51.0 Å². The summed E-state index contributed by atoms with van der Waals surface area (Å²) in [6.07, 6.45) is 16.9. The molecule has 0 aromatic rings. The van der Waals surface area contributed by atoms with Crippen molar-refractivity contribution in [2.24, 2.45) is 0 Å². The molecule has 0 fully saturated rings. The van der Waals surface area contributed by atoms with E-state index in [2.05, 4.69) is 43.5 Å². The van der Waals surface area contributed by atoms with Gasteiger partial charge in [-0.25, -0.2) is 0 Å². The summed E-state index contributed by atoms with van der Waals surface area (Å²) >= 11 is 6.36. The summed E-state index contributed by atoms with van der Waals surface area (Å²) in [6, 6.07) is 1.21. The maximum absolute atomic E-state index is 6.36. The van der Waals surface area contributed by atoms with E-state index < -0.39 is 7.38 Å². The van der Waals surface area contributed by atoms with E-state index in [1.54, 1.807) is 0 Å². The molecule has 0 amide bonds. The van der Waals surface area contributed by atoms with Crippen molar-refractivity contribution in [2.45, 2.75) is 44.8 Å². The van der Waals surface area contributed by atoms with Crippen molar-refractivity contribution < 1.29 is 51.0 Å². The molecule has 20 heavy (non-hydrogen) atoms. The number of rotatable bonds is 5. The summed E-state index contributed by atoms with van der Waals surface area (Å²) in [4.78, 5) is 0. The Bertz CT molecular complexity index is 417. The largest absolute Gasteiger partial charge is 3.00 e. The van der Waals surface area contributed by atoms with Crippen LogP contribution in [0.4, 0.5) is 0 Å². The van der Waals surface area contributed by atoms with E-state index in [1.807, 2.05) is 0 Å². The Morgan fingerprint density at radius 2 is 1.90 bits per heavy atom. The predicted octanol–water partition coefficient (Wildman–Crippen LogP) is -0.838. The van der Waals surface area contributed by atoms with Gasteiger partial charge in [0.25, 0.3) is 0 Å². The van der Waals surface area contributed by atoms with Gasteiger partial charge in [-0.2, -0.15) is 28.8 Å². The van der Waals surface area contributed by atoms with Gasteiger partial charge in [0, 0.05) is 0 Å². The topological polar surface area (TPSA) is 0 Å². The van der Waals surface area contributed by atoms with Gasteiger partial charge < -0.3 is 24.8 Å². The fourth-order valence-electron chi connectivity index (χ4n) is 2.38. The summed E-state index contributed by atoms with van der Waals surface area (Å²) in [7, 11) is -1.39. The van der Waals surface area contributed by atoms with Crippen LogP contribution in [0, 0.1) is 6.08 Å². The molecule has 1 radical (unpaired) electrons. The van der Waals surface area contributed by atoms with Crippen molar-refractivity contribution >= 4 is 18.5 Å². The third-order valence-corrected chi connectivity index (χ3v) is 5.38. The predicted molar refractivity (Wildman–Crippen MR) is 78.7 cm³/mol. The summed E-state index contributed by atoms with van der Waals surface area (Å²) in [5.41, 5.74) is 4.33. The first-order valence-corrected chi connectivity index (χ1v) is 10.6. The third kappa shape index (κ3) is 7.27. The molecule has 0 aliphatic heterocycles. The molecular weight excluding hydrogens is 406 g/mol. The fraction of sp³-hybridized carbons (Fsp3) is 0.467. The van der Waals surface area contributed by atoms with Crippen LogP contribution < -0.4 is 24.8 Å². The van der Waals surface area contributed by atoms with E-state index in [0.29, 0.717) is 0 Å². The first-order chi connectivity index (χ1) is 8.06. The zero-order valence-electron chi connectivity index (χ0n) is 12.0. The summed E-state index contributed by atoms with van der Waals surface area (Å²) in [6.45, 7) is 4.45. The molecular formula is C15H20Cl3SiZr. The molecule has 0 aromatic heterocycles. The second-order valence-corrected chi connectivity index (χ2v) is 12.4. The Morgan fingerprint density at radius 3 is 2.45 bits per heavy atom. The zero-order chi connectivity index (χ0) is 12.3. The van der Waals surface area contributed by atoms with Gasteiger partial charge in [-0.3, -0.25) is 0 Å². The fourth-order valence-corrected chi connectivity index (χ4v) is 3.80. The number of allylic oxidation sites excluding steroid dienone is 8. The summed E-state index contributed by atoms with van der Waals surface area (Å²) < 4.78 is 0. The van der Waals surface area contributed by atoms with Crippen molar-refractivity contribution in [2.75, 3.05) is 0 Å². The molecule has 2 aliphatic carbocycles. The minimum Gasteiger partial charge on any atom is -1.00 e. The van der Waals surface area contributed by atoms with Crippen LogP contribution in [0.25, 0.3) is 0 Å². The molecule has 0 heterocycles. The summed E-state index contributed by atoms with van der Waals surface area (Å²) in [5, 5.41) is 0. The maximum atomic E-state index is 6.36. The molecule has 0 bridgehead atoms. The second kappa shape index (κ2) is 10.6. The molecule has 109 valence electrons. The first kappa shape index (κ1) is 23.2. The monoisotopic (exact) mass is 423 g/mol. The minimum absolute atomic E-state index is 0. The molecule has 2 rings (SSSR count). The Hall–Kier alpha value is 0.930. The van der Waals surface area contributed by atoms with Gasteiger partial charge in [-0.1, -0.05) is 50.1 Å². The SMILES string of the molecule is C[Si](C)(Cl)CCCC1=C(C2=[C-]CC=C2)CC=C1.[Cl-].[Cl-].[Zr+3]. The number of halogens is 3. The Labute approximate surface area is 160 Å². The van der Waals surface area contributed by atoms with Gasteiger partial charge in [-0.05, 0) is 12.5 Å². The Balaban J connectivity index is 0. The van der Waals surface area contributed by atoms with Crippen molar-refractivity contribution in [1.29, 1.82) is 0 Å². The van der Waals surface area contributed by atoms with Gasteiger partial charge in [0.05, 0.1) is 0 Å². The normalized spacial score (nSPS) is 16.4. The van der Waals surface area contributed by atoms with Gasteiger partial charge in [-0.15, -0.1) is 11.6 Å². The average molecular weight is 426 g/mol. The molecule has 0 N–H and O–H groups in total. The zero-order valence-corrected chi connectivity index (χ0v) is 17.7. The van der Waals surface area contributed by atoms with Crippen molar-refractivity contribution in [3.63, 3.8) is 0 Å². The van der Waals surface area contributed by atoms with E-state index in [1.165, 1.54) is 35.6 Å².